The smallest absolute Gasteiger partial charge is 0.323 e. The zero-order valence-electron chi connectivity index (χ0n) is 21.3. The Bertz CT molecular complexity index is 1420. The van der Waals surface area contributed by atoms with Crippen molar-refractivity contribution in [2.45, 2.75) is 49.4 Å². The van der Waals surface area contributed by atoms with Gasteiger partial charge in [0, 0.05) is 17.6 Å². The average molecular weight is 585 g/mol. The lowest BCUT2D eigenvalue weighted by Crippen LogP contribution is -2.55. The molecule has 1 aliphatic rings. The second kappa shape index (κ2) is 12.6. The standard InChI is InChI=1S/C29H29ClN2O7S/c30-19-9-8-17(12-18(19)13-24-32-14-23(40-24)21-7-4-10-37-21)28-27(35)26(34)25(33)22(39-28)15-38-29(36)20(31)11-16-5-2-1-3-6-16/h1-10,12,14,20,22,25-28,33-35H,11,13,15,31H2/t20?,22-,25-,26+,27-,28+/m1/s1. The number of furan rings is 1. The Hall–Kier alpha value is -3.09. The summed E-state index contributed by atoms with van der Waals surface area (Å²) in [7, 11) is 0. The highest BCUT2D eigenvalue weighted by Gasteiger charge is 2.45. The molecule has 11 heteroatoms. The maximum Gasteiger partial charge on any atom is 0.323 e. The van der Waals surface area contributed by atoms with E-state index in [0.717, 1.165) is 26.8 Å². The number of rotatable bonds is 9. The number of nitrogens with zero attached hydrogens (tertiary/aromatic N) is 1. The molecule has 0 saturated carbocycles. The first kappa shape index (κ1) is 28.4. The topological polar surface area (TPSA) is 148 Å². The van der Waals surface area contributed by atoms with Gasteiger partial charge in [0.05, 0.1) is 16.1 Å². The fourth-order valence-electron chi connectivity index (χ4n) is 4.58. The average Bonchev–Trinajstić information content (AvgIpc) is 3.66. The third-order valence-corrected chi connectivity index (χ3v) is 8.14. The summed E-state index contributed by atoms with van der Waals surface area (Å²) < 4.78 is 16.7. The number of ether oxygens (including phenoxy) is 2. The number of esters is 1. The van der Waals surface area contributed by atoms with Gasteiger partial charge in [-0.3, -0.25) is 4.79 Å². The molecule has 1 fully saturated rings. The van der Waals surface area contributed by atoms with Crippen LogP contribution in [0.2, 0.25) is 5.02 Å². The molecule has 6 atom stereocenters. The quantitative estimate of drug-likeness (QED) is 0.217. The molecule has 9 nitrogen and oxygen atoms in total. The Morgan fingerprint density at radius 2 is 1.88 bits per heavy atom. The Morgan fingerprint density at radius 1 is 1.07 bits per heavy atom. The molecule has 2 aromatic heterocycles. The molecule has 1 saturated heterocycles. The van der Waals surface area contributed by atoms with Crippen molar-refractivity contribution < 1.29 is 34.0 Å². The van der Waals surface area contributed by atoms with Crippen LogP contribution in [0, 0.1) is 0 Å². The number of carbonyl (C=O) groups excluding carboxylic acids is 1. The number of hydrogen-bond donors (Lipinski definition) is 4. The summed E-state index contributed by atoms with van der Waals surface area (Å²) in [4.78, 5) is 17.9. The van der Waals surface area contributed by atoms with Crippen molar-refractivity contribution in [1.29, 1.82) is 0 Å². The molecule has 0 bridgehead atoms. The molecule has 5 N–H and O–H groups in total. The Labute approximate surface area is 239 Å². The van der Waals surface area contributed by atoms with Crippen LogP contribution in [0.25, 0.3) is 10.6 Å². The minimum absolute atomic E-state index is 0.285. The van der Waals surface area contributed by atoms with E-state index < -0.39 is 42.5 Å². The molecule has 0 spiro atoms. The predicted octanol–water partition coefficient (Wildman–Crippen LogP) is 3.28. The maximum atomic E-state index is 12.5. The monoisotopic (exact) mass is 584 g/mol. The van der Waals surface area contributed by atoms with E-state index in [4.69, 9.17) is 31.2 Å². The van der Waals surface area contributed by atoms with Crippen molar-refractivity contribution >= 4 is 28.9 Å². The van der Waals surface area contributed by atoms with Gasteiger partial charge in [0.15, 0.2) is 0 Å². The minimum Gasteiger partial charge on any atom is -0.463 e. The van der Waals surface area contributed by atoms with Crippen molar-refractivity contribution in [2.75, 3.05) is 6.61 Å². The lowest BCUT2D eigenvalue weighted by molar-refractivity contribution is -0.234. The van der Waals surface area contributed by atoms with Crippen molar-refractivity contribution in [2.24, 2.45) is 5.73 Å². The summed E-state index contributed by atoms with van der Waals surface area (Å²) in [5, 5.41) is 33.2. The molecular formula is C29H29ClN2O7S. The lowest BCUT2D eigenvalue weighted by Gasteiger charge is -2.40. The Morgan fingerprint density at radius 3 is 2.62 bits per heavy atom. The summed E-state index contributed by atoms with van der Waals surface area (Å²) in [6.45, 7) is -0.349. The van der Waals surface area contributed by atoms with Gasteiger partial charge in [0.25, 0.3) is 0 Å². The Kier molecular flexibility index (Phi) is 8.97. The van der Waals surface area contributed by atoms with Crippen molar-refractivity contribution in [3.8, 4) is 10.6 Å². The molecule has 2 aromatic carbocycles. The van der Waals surface area contributed by atoms with Gasteiger partial charge in [-0.05, 0) is 41.3 Å². The summed E-state index contributed by atoms with van der Waals surface area (Å²) in [6, 6.07) is 17.2. The van der Waals surface area contributed by atoms with Crippen LogP contribution >= 0.6 is 22.9 Å². The van der Waals surface area contributed by atoms with E-state index in [9.17, 15) is 20.1 Å². The second-order valence-electron chi connectivity index (χ2n) is 9.62. The number of aliphatic hydroxyl groups is 3. The summed E-state index contributed by atoms with van der Waals surface area (Å²) in [6.07, 6.45) is -2.50. The highest BCUT2D eigenvalue weighted by atomic mass is 35.5. The molecule has 40 heavy (non-hydrogen) atoms. The van der Waals surface area contributed by atoms with Crippen LogP contribution in [-0.2, 0) is 27.1 Å². The summed E-state index contributed by atoms with van der Waals surface area (Å²) in [5.74, 6) is 0.0607. The van der Waals surface area contributed by atoms with Crippen LogP contribution in [0.4, 0.5) is 0 Å². The third-order valence-electron chi connectivity index (χ3n) is 6.76. The molecule has 4 aromatic rings. The third kappa shape index (κ3) is 6.45. The van der Waals surface area contributed by atoms with Gasteiger partial charge in [-0.25, -0.2) is 4.98 Å². The van der Waals surface area contributed by atoms with Crippen molar-refractivity contribution in [3.63, 3.8) is 0 Å². The molecule has 3 heterocycles. The van der Waals surface area contributed by atoms with E-state index in [0.29, 0.717) is 17.0 Å². The predicted molar refractivity (Wildman–Crippen MR) is 149 cm³/mol. The fraction of sp³-hybridized carbons (Fsp3) is 0.310. The molecule has 210 valence electrons. The van der Waals surface area contributed by atoms with Gasteiger partial charge in [0.2, 0.25) is 0 Å². The number of benzene rings is 2. The van der Waals surface area contributed by atoms with E-state index in [1.165, 1.54) is 11.3 Å². The van der Waals surface area contributed by atoms with E-state index in [1.54, 1.807) is 30.7 Å². The molecule has 0 radical (unpaired) electrons. The van der Waals surface area contributed by atoms with E-state index in [2.05, 4.69) is 4.98 Å². The zero-order valence-corrected chi connectivity index (χ0v) is 22.9. The molecule has 0 aliphatic carbocycles. The van der Waals surface area contributed by atoms with Gasteiger partial charge in [-0.2, -0.15) is 0 Å². The first-order chi connectivity index (χ1) is 19.3. The molecule has 1 unspecified atom stereocenters. The lowest BCUT2D eigenvalue weighted by atomic mass is 9.90. The highest BCUT2D eigenvalue weighted by Crippen LogP contribution is 2.35. The first-order valence-corrected chi connectivity index (χ1v) is 13.9. The van der Waals surface area contributed by atoms with E-state index in [1.807, 2.05) is 42.5 Å². The molecule has 0 amide bonds. The zero-order chi connectivity index (χ0) is 28.2. The van der Waals surface area contributed by atoms with E-state index in [-0.39, 0.29) is 13.0 Å². The summed E-state index contributed by atoms with van der Waals surface area (Å²) in [5.41, 5.74) is 8.16. The number of halogens is 1. The summed E-state index contributed by atoms with van der Waals surface area (Å²) >= 11 is 7.95. The van der Waals surface area contributed by atoms with Crippen molar-refractivity contribution in [3.05, 3.63) is 99.8 Å². The number of carbonyl (C=O) groups is 1. The van der Waals surface area contributed by atoms with Crippen LogP contribution in [0.5, 0.6) is 0 Å². The van der Waals surface area contributed by atoms with Crippen LogP contribution in [0.15, 0.2) is 77.5 Å². The minimum atomic E-state index is -1.53. The first-order valence-electron chi connectivity index (χ1n) is 12.7. The van der Waals surface area contributed by atoms with Gasteiger partial charge in [-0.1, -0.05) is 54.1 Å². The van der Waals surface area contributed by atoms with Crippen LogP contribution < -0.4 is 5.73 Å². The molecule has 1 aliphatic heterocycles. The van der Waals surface area contributed by atoms with Gasteiger partial charge in [-0.15, -0.1) is 11.3 Å². The number of aromatic nitrogens is 1. The number of nitrogens with two attached hydrogens (primary N) is 1. The largest absolute Gasteiger partial charge is 0.463 e. The van der Waals surface area contributed by atoms with E-state index >= 15 is 0 Å². The van der Waals surface area contributed by atoms with Crippen LogP contribution in [-0.4, -0.2) is 63.3 Å². The van der Waals surface area contributed by atoms with Gasteiger partial charge < -0.3 is 34.9 Å². The SMILES string of the molecule is NC(Cc1ccccc1)C(=O)OC[C@H]1O[C@@H](c2ccc(Cl)c(Cc3ncc(-c4ccco4)s3)c2)[C@H](O)[C@@H](O)[C@@H]1O. The fourth-order valence-corrected chi connectivity index (χ4v) is 5.67. The Balaban J connectivity index is 1.26. The van der Waals surface area contributed by atoms with Crippen LogP contribution in [0.1, 0.15) is 27.8 Å². The number of aliphatic hydroxyl groups excluding tert-OH is 3. The van der Waals surface area contributed by atoms with Gasteiger partial charge >= 0.3 is 5.97 Å². The molecular weight excluding hydrogens is 556 g/mol. The van der Waals surface area contributed by atoms with Crippen LogP contribution in [0.3, 0.4) is 0 Å². The van der Waals surface area contributed by atoms with Crippen molar-refractivity contribution in [1.82, 2.24) is 4.98 Å². The highest BCUT2D eigenvalue weighted by molar-refractivity contribution is 7.15. The van der Waals surface area contributed by atoms with Gasteiger partial charge in [0.1, 0.15) is 48.9 Å². The number of thiazole rings is 1. The maximum absolute atomic E-state index is 12.5. The second-order valence-corrected chi connectivity index (χ2v) is 11.1. The normalized spacial score (nSPS) is 23.6. The molecule has 5 rings (SSSR count). The number of hydrogen-bond acceptors (Lipinski definition) is 10.